The first-order valence-electron chi connectivity index (χ1n) is 5.90. The molecular formula is C13H23N. The molecule has 1 aromatic rings. The van der Waals surface area contributed by atoms with Gasteiger partial charge in [-0.05, 0) is 30.9 Å². The highest BCUT2D eigenvalue weighted by Crippen LogP contribution is 2.26. The van der Waals surface area contributed by atoms with Crippen molar-refractivity contribution in [2.75, 3.05) is 0 Å². The molecule has 1 heteroatoms. The second-order valence-corrected chi connectivity index (χ2v) is 4.17. The minimum absolute atomic E-state index is 0.778. The average Bonchev–Trinajstić information content (AvgIpc) is 2.59. The molecule has 0 amide bonds. The fourth-order valence-corrected chi connectivity index (χ4v) is 2.14. The normalized spacial score (nSPS) is 13.1. The number of aryl methyl sites for hydroxylation is 1. The van der Waals surface area contributed by atoms with Crippen LogP contribution in [0.1, 0.15) is 57.6 Å². The molecule has 0 fully saturated rings. The molecule has 1 nitrogen and oxygen atoms in total. The van der Waals surface area contributed by atoms with Crippen molar-refractivity contribution in [2.45, 2.75) is 51.9 Å². The maximum absolute atomic E-state index is 2.28. The van der Waals surface area contributed by atoms with Crippen molar-refractivity contribution in [2.24, 2.45) is 7.05 Å². The van der Waals surface area contributed by atoms with E-state index in [2.05, 4.69) is 43.8 Å². The Bertz CT molecular complexity index is 249. The van der Waals surface area contributed by atoms with Gasteiger partial charge in [0.05, 0.1) is 0 Å². The number of nitrogens with zero attached hydrogens (tertiary/aromatic N) is 1. The summed E-state index contributed by atoms with van der Waals surface area (Å²) in [6.07, 6.45) is 8.80. The molecule has 1 aromatic heterocycles. The van der Waals surface area contributed by atoms with Crippen molar-refractivity contribution in [3.8, 4) is 0 Å². The lowest BCUT2D eigenvalue weighted by molar-refractivity contribution is 0.516. The van der Waals surface area contributed by atoms with Gasteiger partial charge in [-0.25, -0.2) is 0 Å². The maximum atomic E-state index is 2.28. The van der Waals surface area contributed by atoms with Crippen molar-refractivity contribution >= 4 is 0 Å². The molecule has 0 spiro atoms. The van der Waals surface area contributed by atoms with Gasteiger partial charge in [0.2, 0.25) is 0 Å². The van der Waals surface area contributed by atoms with Crippen LogP contribution in [0, 0.1) is 0 Å². The summed E-state index contributed by atoms with van der Waals surface area (Å²) in [4.78, 5) is 0. The average molecular weight is 193 g/mol. The van der Waals surface area contributed by atoms with Gasteiger partial charge in [-0.15, -0.1) is 0 Å². The molecule has 1 heterocycles. The second kappa shape index (κ2) is 5.90. The van der Waals surface area contributed by atoms with Gasteiger partial charge in [0.25, 0.3) is 0 Å². The summed E-state index contributed by atoms with van der Waals surface area (Å²) < 4.78 is 2.27. The number of unbranched alkanes of at least 4 members (excludes halogenated alkanes) is 1. The van der Waals surface area contributed by atoms with Crippen LogP contribution in [0.2, 0.25) is 0 Å². The third kappa shape index (κ3) is 2.90. The van der Waals surface area contributed by atoms with Crippen LogP contribution >= 0.6 is 0 Å². The molecule has 1 rings (SSSR count). The minimum Gasteiger partial charge on any atom is -0.354 e. The first-order valence-corrected chi connectivity index (χ1v) is 5.90. The Morgan fingerprint density at radius 1 is 1.21 bits per heavy atom. The summed E-state index contributed by atoms with van der Waals surface area (Å²) in [6.45, 7) is 4.55. The molecular weight excluding hydrogens is 170 g/mol. The van der Waals surface area contributed by atoms with Crippen molar-refractivity contribution in [1.82, 2.24) is 4.57 Å². The van der Waals surface area contributed by atoms with Crippen molar-refractivity contribution in [1.29, 1.82) is 0 Å². The largest absolute Gasteiger partial charge is 0.354 e. The minimum atomic E-state index is 0.778. The van der Waals surface area contributed by atoms with E-state index in [0.717, 1.165) is 5.92 Å². The van der Waals surface area contributed by atoms with E-state index < -0.39 is 0 Å². The van der Waals surface area contributed by atoms with Crippen LogP contribution in [0.15, 0.2) is 18.3 Å². The van der Waals surface area contributed by atoms with Crippen LogP contribution < -0.4 is 0 Å². The summed E-state index contributed by atoms with van der Waals surface area (Å²) in [5.41, 5.74) is 1.51. The Balaban J connectivity index is 2.62. The molecule has 1 unspecified atom stereocenters. The molecule has 0 N–H and O–H groups in total. The Morgan fingerprint density at radius 3 is 2.50 bits per heavy atom. The molecule has 0 aliphatic heterocycles. The van der Waals surface area contributed by atoms with E-state index in [9.17, 15) is 0 Å². The first kappa shape index (κ1) is 11.4. The summed E-state index contributed by atoms with van der Waals surface area (Å²) in [5.74, 6) is 0.778. The molecule has 0 aliphatic rings. The molecule has 0 radical (unpaired) electrons. The quantitative estimate of drug-likeness (QED) is 0.641. The molecule has 0 saturated heterocycles. The van der Waals surface area contributed by atoms with Crippen molar-refractivity contribution in [3.63, 3.8) is 0 Å². The first-order chi connectivity index (χ1) is 6.79. The van der Waals surface area contributed by atoms with Gasteiger partial charge in [-0.1, -0.05) is 33.1 Å². The van der Waals surface area contributed by atoms with Crippen LogP contribution in [0.3, 0.4) is 0 Å². The maximum Gasteiger partial charge on any atom is 0.0202 e. The van der Waals surface area contributed by atoms with Gasteiger partial charge in [0, 0.05) is 18.9 Å². The Morgan fingerprint density at radius 2 is 2.00 bits per heavy atom. The van der Waals surface area contributed by atoms with E-state index in [0.29, 0.717) is 0 Å². The van der Waals surface area contributed by atoms with E-state index in [4.69, 9.17) is 0 Å². The number of aromatic nitrogens is 1. The fourth-order valence-electron chi connectivity index (χ4n) is 2.14. The van der Waals surface area contributed by atoms with Gasteiger partial charge in [0.15, 0.2) is 0 Å². The van der Waals surface area contributed by atoms with Gasteiger partial charge >= 0.3 is 0 Å². The number of hydrogen-bond donors (Lipinski definition) is 0. The Hall–Kier alpha value is -0.720. The molecule has 1 atom stereocenters. The zero-order valence-electron chi connectivity index (χ0n) is 9.79. The lowest BCUT2D eigenvalue weighted by atomic mass is 9.94. The second-order valence-electron chi connectivity index (χ2n) is 4.17. The van der Waals surface area contributed by atoms with Crippen LogP contribution in [0.25, 0.3) is 0 Å². The summed E-state index contributed by atoms with van der Waals surface area (Å²) in [7, 11) is 2.16. The van der Waals surface area contributed by atoms with E-state index in [1.165, 1.54) is 37.8 Å². The lowest BCUT2D eigenvalue weighted by Gasteiger charge is -2.16. The highest BCUT2D eigenvalue weighted by atomic mass is 14.9. The third-order valence-electron chi connectivity index (χ3n) is 2.95. The summed E-state index contributed by atoms with van der Waals surface area (Å²) in [5, 5.41) is 0. The van der Waals surface area contributed by atoms with E-state index in [-0.39, 0.29) is 0 Å². The number of hydrogen-bond acceptors (Lipinski definition) is 0. The molecule has 0 aliphatic carbocycles. The third-order valence-corrected chi connectivity index (χ3v) is 2.95. The zero-order chi connectivity index (χ0) is 10.4. The smallest absolute Gasteiger partial charge is 0.0202 e. The van der Waals surface area contributed by atoms with Gasteiger partial charge in [0.1, 0.15) is 0 Å². The standard InChI is InChI=1S/C13H23N/c1-4-6-9-12(8-5-2)13-10-7-11-14(13)3/h7,10-12H,4-6,8-9H2,1-3H3. The predicted molar refractivity (Wildman–Crippen MR) is 62.6 cm³/mol. The Kier molecular flexibility index (Phi) is 4.78. The van der Waals surface area contributed by atoms with E-state index in [1.807, 2.05) is 0 Å². The molecule has 80 valence electrons. The van der Waals surface area contributed by atoms with Crippen LogP contribution in [0.4, 0.5) is 0 Å². The summed E-state index contributed by atoms with van der Waals surface area (Å²) >= 11 is 0. The molecule has 14 heavy (non-hydrogen) atoms. The molecule has 0 aromatic carbocycles. The van der Waals surface area contributed by atoms with Crippen LogP contribution in [-0.4, -0.2) is 4.57 Å². The van der Waals surface area contributed by atoms with Gasteiger partial charge in [-0.2, -0.15) is 0 Å². The lowest BCUT2D eigenvalue weighted by Crippen LogP contribution is -2.04. The van der Waals surface area contributed by atoms with Crippen molar-refractivity contribution < 1.29 is 0 Å². The van der Waals surface area contributed by atoms with Gasteiger partial charge in [-0.3, -0.25) is 0 Å². The fraction of sp³-hybridized carbons (Fsp3) is 0.692. The summed E-state index contributed by atoms with van der Waals surface area (Å²) in [6, 6.07) is 4.43. The number of rotatable bonds is 6. The SMILES string of the molecule is CCCCC(CCC)c1cccn1C. The Labute approximate surface area is 88.1 Å². The van der Waals surface area contributed by atoms with E-state index >= 15 is 0 Å². The van der Waals surface area contributed by atoms with E-state index in [1.54, 1.807) is 0 Å². The highest BCUT2D eigenvalue weighted by Gasteiger charge is 2.12. The topological polar surface area (TPSA) is 4.93 Å². The van der Waals surface area contributed by atoms with Crippen LogP contribution in [0.5, 0.6) is 0 Å². The highest BCUT2D eigenvalue weighted by molar-refractivity contribution is 5.12. The predicted octanol–water partition coefficient (Wildman–Crippen LogP) is 4.10. The molecule has 0 saturated carbocycles. The van der Waals surface area contributed by atoms with Crippen molar-refractivity contribution in [3.05, 3.63) is 24.0 Å². The van der Waals surface area contributed by atoms with Crippen LogP contribution in [-0.2, 0) is 7.05 Å². The van der Waals surface area contributed by atoms with Gasteiger partial charge < -0.3 is 4.57 Å². The monoisotopic (exact) mass is 193 g/mol. The molecule has 0 bridgehead atoms. The zero-order valence-corrected chi connectivity index (χ0v) is 9.79.